The van der Waals surface area contributed by atoms with Gasteiger partial charge in [0.25, 0.3) is 0 Å². The van der Waals surface area contributed by atoms with Crippen LogP contribution in [-0.4, -0.2) is 34.6 Å². The van der Waals surface area contributed by atoms with Gasteiger partial charge in [-0.15, -0.1) is 11.3 Å². The number of thiazole rings is 1. The SMILES string of the molecule is CCC(N)CC(=O)NCCc1nc(C(=O)O)cs1. The maximum atomic E-state index is 11.4. The summed E-state index contributed by atoms with van der Waals surface area (Å²) in [6, 6.07) is -0.108. The van der Waals surface area contributed by atoms with Crippen molar-refractivity contribution in [2.75, 3.05) is 6.54 Å². The van der Waals surface area contributed by atoms with E-state index in [9.17, 15) is 9.59 Å². The molecule has 1 aromatic rings. The van der Waals surface area contributed by atoms with Crippen molar-refractivity contribution in [1.29, 1.82) is 0 Å². The highest BCUT2D eigenvalue weighted by Gasteiger charge is 2.10. The maximum absolute atomic E-state index is 11.4. The Morgan fingerprint density at radius 1 is 1.61 bits per heavy atom. The average molecular weight is 271 g/mol. The Morgan fingerprint density at radius 3 is 2.89 bits per heavy atom. The molecule has 100 valence electrons. The van der Waals surface area contributed by atoms with Crippen LogP contribution in [-0.2, 0) is 11.2 Å². The van der Waals surface area contributed by atoms with Gasteiger partial charge in [0.2, 0.25) is 5.91 Å². The summed E-state index contributed by atoms with van der Waals surface area (Å²) in [4.78, 5) is 26.0. The number of rotatable bonds is 7. The van der Waals surface area contributed by atoms with E-state index >= 15 is 0 Å². The fourth-order valence-corrected chi connectivity index (χ4v) is 2.06. The van der Waals surface area contributed by atoms with Gasteiger partial charge in [-0.05, 0) is 6.42 Å². The summed E-state index contributed by atoms with van der Waals surface area (Å²) < 4.78 is 0. The van der Waals surface area contributed by atoms with Crippen LogP contribution in [0.3, 0.4) is 0 Å². The number of aromatic nitrogens is 1. The van der Waals surface area contributed by atoms with Crippen molar-refractivity contribution < 1.29 is 14.7 Å². The lowest BCUT2D eigenvalue weighted by molar-refractivity contribution is -0.121. The second-order valence-electron chi connectivity index (χ2n) is 3.90. The number of nitrogens with one attached hydrogen (secondary N) is 1. The summed E-state index contributed by atoms with van der Waals surface area (Å²) in [5.41, 5.74) is 5.71. The van der Waals surface area contributed by atoms with Crippen molar-refractivity contribution in [2.24, 2.45) is 5.73 Å². The van der Waals surface area contributed by atoms with Gasteiger partial charge in [-0.2, -0.15) is 0 Å². The lowest BCUT2D eigenvalue weighted by atomic mass is 10.1. The van der Waals surface area contributed by atoms with Crippen LogP contribution in [0.5, 0.6) is 0 Å². The highest BCUT2D eigenvalue weighted by Crippen LogP contribution is 2.09. The van der Waals surface area contributed by atoms with Gasteiger partial charge in [0, 0.05) is 30.8 Å². The number of carboxylic acids is 1. The summed E-state index contributed by atoms with van der Waals surface area (Å²) in [7, 11) is 0. The minimum absolute atomic E-state index is 0.0503. The van der Waals surface area contributed by atoms with Gasteiger partial charge in [-0.1, -0.05) is 6.92 Å². The molecule has 0 aliphatic rings. The number of aromatic carboxylic acids is 1. The Labute approximate surface area is 109 Å². The van der Waals surface area contributed by atoms with Crippen molar-refractivity contribution in [1.82, 2.24) is 10.3 Å². The van der Waals surface area contributed by atoms with E-state index in [-0.39, 0.29) is 17.6 Å². The fraction of sp³-hybridized carbons (Fsp3) is 0.545. The molecule has 18 heavy (non-hydrogen) atoms. The molecule has 0 spiro atoms. The fourth-order valence-electron chi connectivity index (χ4n) is 1.29. The molecule has 0 saturated heterocycles. The Hall–Kier alpha value is -1.47. The minimum Gasteiger partial charge on any atom is -0.476 e. The number of carbonyl (C=O) groups excluding carboxylic acids is 1. The van der Waals surface area contributed by atoms with Crippen LogP contribution in [0.1, 0.15) is 35.3 Å². The first-order chi connectivity index (χ1) is 8.52. The van der Waals surface area contributed by atoms with Crippen molar-refractivity contribution >= 4 is 23.2 Å². The summed E-state index contributed by atoms with van der Waals surface area (Å²) in [6.45, 7) is 2.38. The Morgan fingerprint density at radius 2 is 2.33 bits per heavy atom. The number of amides is 1. The van der Waals surface area contributed by atoms with Gasteiger partial charge in [0.05, 0.1) is 5.01 Å². The van der Waals surface area contributed by atoms with E-state index in [1.807, 2.05) is 6.92 Å². The molecule has 0 aliphatic heterocycles. The first-order valence-electron chi connectivity index (χ1n) is 5.73. The molecule has 6 nitrogen and oxygen atoms in total. The van der Waals surface area contributed by atoms with E-state index in [4.69, 9.17) is 10.8 Å². The number of carbonyl (C=O) groups is 2. The second kappa shape index (κ2) is 7.07. The lowest BCUT2D eigenvalue weighted by Crippen LogP contribution is -2.32. The quantitative estimate of drug-likeness (QED) is 0.674. The zero-order chi connectivity index (χ0) is 13.5. The van der Waals surface area contributed by atoms with Crippen molar-refractivity contribution in [3.8, 4) is 0 Å². The van der Waals surface area contributed by atoms with Gasteiger partial charge in [0.1, 0.15) is 0 Å². The van der Waals surface area contributed by atoms with Crippen LogP contribution < -0.4 is 11.1 Å². The van der Waals surface area contributed by atoms with Gasteiger partial charge in [-0.25, -0.2) is 9.78 Å². The van der Waals surface area contributed by atoms with E-state index in [1.165, 1.54) is 16.7 Å². The molecule has 1 unspecified atom stereocenters. The maximum Gasteiger partial charge on any atom is 0.355 e. The van der Waals surface area contributed by atoms with Crippen LogP contribution >= 0.6 is 11.3 Å². The molecule has 1 rings (SSSR count). The van der Waals surface area contributed by atoms with Gasteiger partial charge >= 0.3 is 5.97 Å². The Kier molecular flexibility index (Phi) is 5.73. The Bertz CT molecular complexity index is 419. The number of hydrogen-bond acceptors (Lipinski definition) is 5. The Balaban J connectivity index is 2.28. The summed E-state index contributed by atoms with van der Waals surface area (Å²) >= 11 is 1.28. The zero-order valence-electron chi connectivity index (χ0n) is 10.2. The number of hydrogen-bond donors (Lipinski definition) is 3. The van der Waals surface area contributed by atoms with E-state index < -0.39 is 5.97 Å². The molecule has 0 aliphatic carbocycles. The van der Waals surface area contributed by atoms with Crippen LogP contribution in [0, 0.1) is 0 Å². The normalized spacial score (nSPS) is 12.1. The molecule has 0 saturated carbocycles. The van der Waals surface area contributed by atoms with E-state index in [1.54, 1.807) is 0 Å². The molecule has 0 bridgehead atoms. The molecular formula is C11H17N3O3S. The summed E-state index contributed by atoms with van der Waals surface area (Å²) in [6.07, 6.45) is 1.61. The minimum atomic E-state index is -1.03. The van der Waals surface area contributed by atoms with Gasteiger partial charge in [0.15, 0.2) is 5.69 Å². The van der Waals surface area contributed by atoms with E-state index in [0.717, 1.165) is 6.42 Å². The summed E-state index contributed by atoms with van der Waals surface area (Å²) in [5.74, 6) is -1.12. The third-order valence-electron chi connectivity index (χ3n) is 2.40. The van der Waals surface area contributed by atoms with Crippen LogP contribution in [0.2, 0.25) is 0 Å². The molecule has 1 atom stereocenters. The third-order valence-corrected chi connectivity index (χ3v) is 3.31. The molecular weight excluding hydrogens is 254 g/mol. The smallest absolute Gasteiger partial charge is 0.355 e. The average Bonchev–Trinajstić information content (AvgIpc) is 2.77. The highest BCUT2D eigenvalue weighted by molar-refractivity contribution is 7.09. The molecule has 1 heterocycles. The number of carboxylic acid groups (broad SMARTS) is 1. The van der Waals surface area contributed by atoms with Gasteiger partial charge < -0.3 is 16.2 Å². The molecule has 1 amide bonds. The molecule has 4 N–H and O–H groups in total. The molecule has 0 fully saturated rings. The topological polar surface area (TPSA) is 105 Å². The predicted molar refractivity (Wildman–Crippen MR) is 68.7 cm³/mol. The number of nitrogens with two attached hydrogens (primary N) is 1. The van der Waals surface area contributed by atoms with E-state index in [2.05, 4.69) is 10.3 Å². The highest BCUT2D eigenvalue weighted by atomic mass is 32.1. The van der Waals surface area contributed by atoms with Crippen LogP contribution in [0.15, 0.2) is 5.38 Å². The van der Waals surface area contributed by atoms with Crippen molar-refractivity contribution in [3.63, 3.8) is 0 Å². The van der Waals surface area contributed by atoms with Crippen LogP contribution in [0.4, 0.5) is 0 Å². The third kappa shape index (κ3) is 4.80. The van der Waals surface area contributed by atoms with E-state index in [0.29, 0.717) is 24.4 Å². The first kappa shape index (κ1) is 14.6. The monoisotopic (exact) mass is 271 g/mol. The second-order valence-corrected chi connectivity index (χ2v) is 4.85. The molecule has 0 radical (unpaired) electrons. The standard InChI is InChI=1S/C11H17N3O3S/c1-2-7(12)5-9(15)13-4-3-10-14-8(6-18-10)11(16)17/h6-7H,2-5,12H2,1H3,(H,13,15)(H,16,17). The van der Waals surface area contributed by atoms with Crippen molar-refractivity contribution in [2.45, 2.75) is 32.2 Å². The lowest BCUT2D eigenvalue weighted by Gasteiger charge is -2.08. The molecule has 7 heteroatoms. The number of nitrogens with zero attached hydrogens (tertiary/aromatic N) is 1. The largest absolute Gasteiger partial charge is 0.476 e. The predicted octanol–water partition coefficient (Wildman–Crippen LogP) is 0.627. The van der Waals surface area contributed by atoms with Crippen LogP contribution in [0.25, 0.3) is 0 Å². The summed E-state index contributed by atoms with van der Waals surface area (Å²) in [5, 5.41) is 13.6. The molecule has 0 aromatic carbocycles. The first-order valence-corrected chi connectivity index (χ1v) is 6.60. The zero-order valence-corrected chi connectivity index (χ0v) is 11.0. The van der Waals surface area contributed by atoms with Crippen molar-refractivity contribution in [3.05, 3.63) is 16.1 Å². The molecule has 1 aromatic heterocycles. The van der Waals surface area contributed by atoms with Gasteiger partial charge in [-0.3, -0.25) is 4.79 Å².